The molecule has 2 unspecified atom stereocenters. The molecule has 5 rings (SSSR count). The first-order valence-electron chi connectivity index (χ1n) is 12.3. The van der Waals surface area contributed by atoms with Gasteiger partial charge in [0, 0.05) is 22.8 Å². The highest BCUT2D eigenvalue weighted by Gasteiger charge is 2.33. The number of hydrogen-bond acceptors (Lipinski definition) is 6. The first-order valence-corrected chi connectivity index (χ1v) is 12.3. The number of anilines is 2. The maximum atomic E-state index is 13.5. The molecule has 3 aromatic carbocycles. The molecule has 0 radical (unpaired) electrons. The molecule has 3 atom stereocenters. The number of rotatable bonds is 7. The van der Waals surface area contributed by atoms with Crippen LogP contribution in [0.2, 0.25) is 0 Å². The molecule has 2 amide bonds. The lowest BCUT2D eigenvalue weighted by molar-refractivity contribution is -0.124. The molecular formula is C29H29N5O3. The van der Waals surface area contributed by atoms with Gasteiger partial charge < -0.3 is 26.8 Å². The van der Waals surface area contributed by atoms with Crippen molar-refractivity contribution in [3.05, 3.63) is 96.2 Å². The fraction of sp³-hybridized carbons (Fsp3) is 0.207. The van der Waals surface area contributed by atoms with Crippen LogP contribution in [0.4, 0.5) is 11.5 Å². The highest BCUT2D eigenvalue weighted by atomic mass is 16.5. The van der Waals surface area contributed by atoms with Gasteiger partial charge in [-0.25, -0.2) is 4.98 Å². The second kappa shape index (κ2) is 10.6. The van der Waals surface area contributed by atoms with E-state index >= 15 is 0 Å². The minimum absolute atomic E-state index is 0.171. The third kappa shape index (κ3) is 5.48. The summed E-state index contributed by atoms with van der Waals surface area (Å²) in [4.78, 5) is 30.9. The van der Waals surface area contributed by atoms with Gasteiger partial charge in [-0.1, -0.05) is 36.4 Å². The topological polar surface area (TPSA) is 132 Å². The molecule has 0 spiro atoms. The van der Waals surface area contributed by atoms with Gasteiger partial charge in [-0.05, 0) is 72.7 Å². The molecule has 0 bridgehead atoms. The number of benzene rings is 3. The van der Waals surface area contributed by atoms with E-state index in [1.165, 1.54) is 0 Å². The quantitative estimate of drug-likeness (QED) is 0.287. The van der Waals surface area contributed by atoms with E-state index in [4.69, 9.17) is 16.2 Å². The maximum absolute atomic E-state index is 13.5. The zero-order valence-electron chi connectivity index (χ0n) is 20.3. The Balaban J connectivity index is 1.34. The second-order valence-electron chi connectivity index (χ2n) is 9.22. The van der Waals surface area contributed by atoms with E-state index in [1.807, 2.05) is 54.6 Å². The predicted octanol–water partition coefficient (Wildman–Crippen LogP) is 3.99. The Morgan fingerprint density at radius 1 is 0.946 bits per heavy atom. The van der Waals surface area contributed by atoms with Crippen molar-refractivity contribution in [2.24, 2.45) is 0 Å². The average molecular weight is 496 g/mol. The van der Waals surface area contributed by atoms with E-state index in [0.29, 0.717) is 33.8 Å². The molecule has 1 aromatic heterocycles. The molecule has 1 fully saturated rings. The summed E-state index contributed by atoms with van der Waals surface area (Å²) >= 11 is 0. The molecule has 188 valence electrons. The minimum atomic E-state index is -0.881. The lowest BCUT2D eigenvalue weighted by Gasteiger charge is -2.26. The number of fused-ring (bicyclic) bond motifs is 1. The fourth-order valence-corrected chi connectivity index (χ4v) is 4.71. The molecule has 1 heterocycles. The van der Waals surface area contributed by atoms with Gasteiger partial charge in [-0.3, -0.25) is 9.59 Å². The highest BCUT2D eigenvalue weighted by molar-refractivity contribution is 6.02. The summed E-state index contributed by atoms with van der Waals surface area (Å²) in [5.41, 5.74) is 13.5. The summed E-state index contributed by atoms with van der Waals surface area (Å²) < 4.78 is 6.16. The van der Waals surface area contributed by atoms with E-state index in [1.54, 1.807) is 30.5 Å². The zero-order chi connectivity index (χ0) is 25.8. The maximum Gasteiger partial charge on any atom is 0.252 e. The predicted molar refractivity (Wildman–Crippen MR) is 144 cm³/mol. The van der Waals surface area contributed by atoms with Crippen LogP contribution in [0.3, 0.4) is 0 Å². The van der Waals surface area contributed by atoms with Gasteiger partial charge in [-0.15, -0.1) is 0 Å². The third-order valence-corrected chi connectivity index (χ3v) is 6.68. The van der Waals surface area contributed by atoms with Crippen molar-refractivity contribution in [3.8, 4) is 5.75 Å². The van der Waals surface area contributed by atoms with E-state index in [0.717, 1.165) is 24.6 Å². The van der Waals surface area contributed by atoms with Crippen molar-refractivity contribution in [1.82, 2.24) is 15.6 Å². The number of nitrogens with one attached hydrogen (secondary N) is 2. The molecule has 8 nitrogen and oxygen atoms in total. The van der Waals surface area contributed by atoms with Crippen molar-refractivity contribution >= 4 is 34.1 Å². The van der Waals surface area contributed by atoms with Crippen molar-refractivity contribution in [1.29, 1.82) is 0 Å². The van der Waals surface area contributed by atoms with Crippen LogP contribution < -0.4 is 26.8 Å². The smallest absolute Gasteiger partial charge is 0.252 e. The summed E-state index contributed by atoms with van der Waals surface area (Å²) in [6.45, 7) is 0. The largest absolute Gasteiger partial charge is 0.488 e. The summed E-state index contributed by atoms with van der Waals surface area (Å²) in [7, 11) is 0. The normalized spacial score (nSPS) is 17.7. The van der Waals surface area contributed by atoms with Gasteiger partial charge >= 0.3 is 0 Å². The second-order valence-corrected chi connectivity index (χ2v) is 9.22. The fourth-order valence-electron chi connectivity index (χ4n) is 4.71. The monoisotopic (exact) mass is 495 g/mol. The standard InChI is InChI=1S/C29H29N5O3/c30-21-11-13-22(14-12-21)37-25-8-4-7-24(25)33-29(36)26(19-5-2-1-3-6-19)34-28(35)20-10-9-18-15-16-32-27(31)23(18)17-20/h1-3,5-6,9-17,24-26H,4,7-8,30H2,(H2,31,32)(H,33,36)(H,34,35)/t24?,25?,26-/m1/s1. The first kappa shape index (κ1) is 24.1. The van der Waals surface area contributed by atoms with E-state index in [9.17, 15) is 9.59 Å². The highest BCUT2D eigenvalue weighted by Crippen LogP contribution is 2.27. The van der Waals surface area contributed by atoms with Crippen LogP contribution in [-0.4, -0.2) is 28.9 Å². The van der Waals surface area contributed by atoms with Crippen molar-refractivity contribution < 1.29 is 14.3 Å². The molecule has 0 aliphatic heterocycles. The van der Waals surface area contributed by atoms with Gasteiger partial charge in [0.2, 0.25) is 5.91 Å². The molecule has 8 heteroatoms. The van der Waals surface area contributed by atoms with E-state index in [-0.39, 0.29) is 24.0 Å². The lowest BCUT2D eigenvalue weighted by atomic mass is 10.0. The number of hydrogen-bond donors (Lipinski definition) is 4. The van der Waals surface area contributed by atoms with Crippen LogP contribution >= 0.6 is 0 Å². The van der Waals surface area contributed by atoms with Crippen molar-refractivity contribution in [2.75, 3.05) is 11.5 Å². The number of carbonyl (C=O) groups excluding carboxylic acids is 2. The Morgan fingerprint density at radius 3 is 2.51 bits per heavy atom. The number of nitrogens with two attached hydrogens (primary N) is 2. The minimum Gasteiger partial charge on any atom is -0.488 e. The number of carbonyl (C=O) groups is 2. The molecule has 37 heavy (non-hydrogen) atoms. The first-order chi connectivity index (χ1) is 18.0. The summed E-state index contributed by atoms with van der Waals surface area (Å²) in [6, 6.07) is 22.4. The Labute approximate surface area is 215 Å². The van der Waals surface area contributed by atoms with Crippen LogP contribution in [0.5, 0.6) is 5.75 Å². The third-order valence-electron chi connectivity index (χ3n) is 6.68. The van der Waals surface area contributed by atoms with Crippen molar-refractivity contribution in [2.45, 2.75) is 37.5 Å². The summed E-state index contributed by atoms with van der Waals surface area (Å²) in [6.07, 6.45) is 4.00. The van der Waals surface area contributed by atoms with E-state index in [2.05, 4.69) is 15.6 Å². The Bertz CT molecular complexity index is 1410. The van der Waals surface area contributed by atoms with Gasteiger partial charge in [0.25, 0.3) is 5.91 Å². The number of pyridine rings is 1. The zero-order valence-corrected chi connectivity index (χ0v) is 20.3. The molecule has 1 aliphatic carbocycles. The van der Waals surface area contributed by atoms with Crippen LogP contribution in [0.1, 0.15) is 41.2 Å². The number of aromatic nitrogens is 1. The van der Waals surface area contributed by atoms with Crippen LogP contribution in [0.15, 0.2) is 85.1 Å². The molecule has 1 aliphatic rings. The van der Waals surface area contributed by atoms with Gasteiger partial charge in [0.1, 0.15) is 23.7 Å². The molecule has 6 N–H and O–H groups in total. The Hall–Kier alpha value is -4.59. The number of nitrogens with zero attached hydrogens (tertiary/aromatic N) is 1. The Morgan fingerprint density at radius 2 is 1.73 bits per heavy atom. The molecule has 0 saturated heterocycles. The lowest BCUT2D eigenvalue weighted by Crippen LogP contribution is -2.48. The van der Waals surface area contributed by atoms with Crippen molar-refractivity contribution in [3.63, 3.8) is 0 Å². The van der Waals surface area contributed by atoms with Gasteiger partial charge in [0.05, 0.1) is 6.04 Å². The van der Waals surface area contributed by atoms with Crippen LogP contribution in [0.25, 0.3) is 10.8 Å². The molecular weight excluding hydrogens is 466 g/mol. The Kier molecular flexibility index (Phi) is 6.89. The van der Waals surface area contributed by atoms with Crippen LogP contribution in [0, 0.1) is 0 Å². The number of ether oxygens (including phenoxy) is 1. The summed E-state index contributed by atoms with van der Waals surface area (Å²) in [5, 5.41) is 7.60. The SMILES string of the molecule is Nc1ccc(OC2CCCC2NC(=O)[C@H](NC(=O)c2ccc3ccnc(N)c3c2)c2ccccc2)cc1. The summed E-state index contributed by atoms with van der Waals surface area (Å²) in [5.74, 6) is 0.380. The molecule has 1 saturated carbocycles. The molecule has 4 aromatic rings. The van der Waals surface area contributed by atoms with Crippen LogP contribution in [-0.2, 0) is 4.79 Å². The van der Waals surface area contributed by atoms with Gasteiger partial charge in [0.15, 0.2) is 0 Å². The number of nitrogen functional groups attached to an aromatic ring is 2. The average Bonchev–Trinajstić information content (AvgIpc) is 3.35. The van der Waals surface area contributed by atoms with Gasteiger partial charge in [-0.2, -0.15) is 0 Å². The van der Waals surface area contributed by atoms with E-state index < -0.39 is 6.04 Å². The number of amides is 2.